The first-order chi connectivity index (χ1) is 7.26. The normalized spacial score (nSPS) is 10.4. The summed E-state index contributed by atoms with van der Waals surface area (Å²) in [5.41, 5.74) is 2.90. The second-order valence-corrected chi connectivity index (χ2v) is 3.42. The van der Waals surface area contributed by atoms with Crippen molar-refractivity contribution in [2.24, 2.45) is 0 Å². The van der Waals surface area contributed by atoms with Gasteiger partial charge in [0, 0.05) is 6.54 Å². The number of rotatable bonds is 3. The van der Waals surface area contributed by atoms with E-state index in [1.54, 1.807) is 0 Å². The number of aromatic nitrogens is 2. The molecule has 0 unspecified atom stereocenters. The number of hydrogen-bond donors (Lipinski definition) is 1. The first kappa shape index (κ1) is 13.5. The van der Waals surface area contributed by atoms with E-state index in [1.807, 2.05) is 19.2 Å². The molecule has 1 aromatic heterocycles. The Morgan fingerprint density at radius 2 is 2.31 bits per heavy atom. The monoisotopic (exact) mass is 381 g/mol. The van der Waals surface area contributed by atoms with Gasteiger partial charge in [-0.3, -0.25) is 5.10 Å². The maximum Gasteiger partial charge on any atom is 2.00 e. The predicted molar refractivity (Wildman–Crippen MR) is 61.5 cm³/mol. The molecule has 1 aromatic carbocycles. The van der Waals surface area contributed by atoms with Crippen LogP contribution in [-0.2, 0) is 34.0 Å². The van der Waals surface area contributed by atoms with Crippen LogP contribution in [0.3, 0.4) is 0 Å². The summed E-state index contributed by atoms with van der Waals surface area (Å²) < 4.78 is 1.38. The van der Waals surface area contributed by atoms with E-state index in [9.17, 15) is 0 Å². The summed E-state index contributed by atoms with van der Waals surface area (Å²) in [5.74, 6) is 0. The Kier molecular flexibility index (Phi) is 4.75. The van der Waals surface area contributed by atoms with E-state index in [2.05, 4.69) is 23.4 Å². The first-order valence-electron chi connectivity index (χ1n) is 4.88. The molecule has 0 atom stereocenters. The van der Waals surface area contributed by atoms with Crippen molar-refractivity contribution < 1.29 is 21.1 Å². The molecular weight excluding hydrogens is 369 g/mol. The Hall–Kier alpha value is -0.597. The molecule has 2 radical (unpaired) electrons. The minimum absolute atomic E-state index is 0. The van der Waals surface area contributed by atoms with Gasteiger partial charge in [-0.2, -0.15) is 6.42 Å². The number of nitrogens with zero attached hydrogens (tertiary/aromatic N) is 2. The third-order valence-electron chi connectivity index (χ3n) is 2.35. The molecule has 0 spiro atoms. The maximum absolute atomic E-state index is 5.72. The van der Waals surface area contributed by atoms with E-state index in [4.69, 9.17) is 7.98 Å². The maximum atomic E-state index is 5.72. The molecule has 0 aliphatic heterocycles. The van der Waals surface area contributed by atoms with Crippen molar-refractivity contribution in [3.05, 3.63) is 36.4 Å². The van der Waals surface area contributed by atoms with E-state index in [-0.39, 0.29) is 21.1 Å². The number of hydrogen-bond acceptors (Lipinski definition) is 2. The standard InChI is InChI=1S/C11H12BN3.W/c1-3-10-9-6-8(7-13-2)4-5-11(9)15(12)14-10;/h4-5,13H,1,3,7H2,2H3;/q-2;+2. The van der Waals surface area contributed by atoms with Crippen molar-refractivity contribution in [3.63, 3.8) is 0 Å². The van der Waals surface area contributed by atoms with Gasteiger partial charge in [0.2, 0.25) is 7.98 Å². The summed E-state index contributed by atoms with van der Waals surface area (Å²) in [7, 11) is 7.63. The molecule has 1 N–H and O–H groups in total. The van der Waals surface area contributed by atoms with Gasteiger partial charge in [0.15, 0.2) is 0 Å². The Morgan fingerprint density at radius 1 is 1.56 bits per heavy atom. The third-order valence-corrected chi connectivity index (χ3v) is 2.35. The van der Waals surface area contributed by atoms with Gasteiger partial charge in [-0.25, -0.2) is 0 Å². The second kappa shape index (κ2) is 5.65. The smallest absolute Gasteiger partial charge is 0.371 e. The molecular formula is C11H12BN3W. The van der Waals surface area contributed by atoms with Crippen molar-refractivity contribution in [2.75, 3.05) is 7.05 Å². The summed E-state index contributed by atoms with van der Waals surface area (Å²) in [5, 5.41) is 8.25. The molecule has 80 valence electrons. The van der Waals surface area contributed by atoms with Gasteiger partial charge in [0.1, 0.15) is 0 Å². The second-order valence-electron chi connectivity index (χ2n) is 3.42. The van der Waals surface area contributed by atoms with E-state index in [0.717, 1.165) is 28.7 Å². The summed E-state index contributed by atoms with van der Waals surface area (Å²) in [4.78, 5) is 0. The zero-order chi connectivity index (χ0) is 10.8. The van der Waals surface area contributed by atoms with Crippen LogP contribution in [0.1, 0.15) is 11.3 Å². The van der Waals surface area contributed by atoms with Crippen molar-refractivity contribution in [1.82, 2.24) is 15.0 Å². The van der Waals surface area contributed by atoms with E-state index in [0.29, 0.717) is 6.42 Å². The van der Waals surface area contributed by atoms with Crippen LogP contribution < -0.4 is 5.32 Å². The average molecular weight is 381 g/mol. The van der Waals surface area contributed by atoms with Crippen molar-refractivity contribution in [1.29, 1.82) is 0 Å². The zero-order valence-electron chi connectivity index (χ0n) is 9.16. The number of fused-ring (bicyclic) bond motifs is 1. The SMILES string of the molecule is [B]n1nc(C[CH2-])c2[c-]c(CNC)ccc21.[W+2]. The molecule has 2 rings (SSSR count). The fraction of sp³-hybridized carbons (Fsp3) is 0.273. The minimum Gasteiger partial charge on any atom is -0.371 e. The van der Waals surface area contributed by atoms with Gasteiger partial charge < -0.3 is 16.8 Å². The Labute approximate surface area is 111 Å². The van der Waals surface area contributed by atoms with Gasteiger partial charge in [-0.1, -0.05) is 0 Å². The minimum atomic E-state index is 0. The predicted octanol–water partition coefficient (Wildman–Crippen LogP) is 0.862. The van der Waals surface area contributed by atoms with Gasteiger partial charge in [0.05, 0.1) is 0 Å². The summed E-state index contributed by atoms with van der Waals surface area (Å²) >= 11 is 0. The summed E-state index contributed by atoms with van der Waals surface area (Å²) in [6.07, 6.45) is 0.625. The molecule has 5 heteroatoms. The molecule has 3 nitrogen and oxygen atoms in total. The quantitative estimate of drug-likeness (QED) is 0.632. The van der Waals surface area contributed by atoms with Gasteiger partial charge in [0.25, 0.3) is 0 Å². The number of benzene rings is 1. The van der Waals surface area contributed by atoms with E-state index >= 15 is 0 Å². The van der Waals surface area contributed by atoms with Crippen LogP contribution in [-0.4, -0.2) is 24.7 Å². The van der Waals surface area contributed by atoms with Gasteiger partial charge >= 0.3 is 21.1 Å². The van der Waals surface area contributed by atoms with Crippen molar-refractivity contribution >= 4 is 18.9 Å². The fourth-order valence-electron chi connectivity index (χ4n) is 1.64. The van der Waals surface area contributed by atoms with E-state index < -0.39 is 0 Å². The van der Waals surface area contributed by atoms with Crippen LogP contribution in [0.25, 0.3) is 10.9 Å². The molecule has 0 aliphatic rings. The van der Waals surface area contributed by atoms with Crippen LogP contribution in [0, 0.1) is 13.0 Å². The Balaban J connectivity index is 0.00000128. The third kappa shape index (κ3) is 2.39. The first-order valence-corrected chi connectivity index (χ1v) is 4.88. The molecule has 0 amide bonds. The average Bonchev–Trinajstić information content (AvgIpc) is 2.56. The van der Waals surface area contributed by atoms with Crippen LogP contribution in [0.5, 0.6) is 0 Å². The molecule has 0 bridgehead atoms. The Morgan fingerprint density at radius 3 is 2.94 bits per heavy atom. The number of nitrogens with one attached hydrogen (secondary N) is 1. The van der Waals surface area contributed by atoms with Crippen LogP contribution >= 0.6 is 0 Å². The summed E-state index contributed by atoms with van der Waals surface area (Å²) in [6, 6.07) is 7.26. The Bertz CT molecular complexity index is 481. The van der Waals surface area contributed by atoms with Crippen LogP contribution in [0.15, 0.2) is 12.1 Å². The van der Waals surface area contributed by atoms with Crippen LogP contribution in [0.4, 0.5) is 0 Å². The van der Waals surface area contributed by atoms with Crippen molar-refractivity contribution in [3.8, 4) is 0 Å². The molecule has 2 aromatic rings. The largest absolute Gasteiger partial charge is 2.00 e. The molecule has 1 heterocycles. The fourth-order valence-corrected chi connectivity index (χ4v) is 1.64. The molecule has 0 saturated carbocycles. The van der Waals surface area contributed by atoms with Crippen LogP contribution in [0.2, 0.25) is 0 Å². The molecule has 0 saturated heterocycles. The topological polar surface area (TPSA) is 29.9 Å². The van der Waals surface area contributed by atoms with Gasteiger partial charge in [-0.05, 0) is 18.3 Å². The molecule has 0 fully saturated rings. The zero-order valence-corrected chi connectivity index (χ0v) is 12.1. The molecule has 16 heavy (non-hydrogen) atoms. The van der Waals surface area contributed by atoms with Crippen molar-refractivity contribution in [2.45, 2.75) is 13.0 Å². The molecule has 0 aliphatic carbocycles. The summed E-state index contributed by atoms with van der Waals surface area (Å²) in [6.45, 7) is 4.62. The van der Waals surface area contributed by atoms with Gasteiger partial charge in [-0.15, -0.1) is 29.1 Å². The van der Waals surface area contributed by atoms with E-state index in [1.165, 1.54) is 4.59 Å².